The molecule has 3 aliphatic rings. The number of aromatic nitrogens is 2. The largest absolute Gasteiger partial charge is 0.376 e. The van der Waals surface area contributed by atoms with Gasteiger partial charge in [0.15, 0.2) is 0 Å². The van der Waals surface area contributed by atoms with Crippen molar-refractivity contribution in [3.63, 3.8) is 0 Å². The first-order valence-electron chi connectivity index (χ1n) is 12.4. The van der Waals surface area contributed by atoms with E-state index in [4.69, 9.17) is 9.72 Å². The number of fused-ring (bicyclic) bond motifs is 2. The van der Waals surface area contributed by atoms with E-state index in [1.54, 1.807) is 0 Å². The zero-order valence-corrected chi connectivity index (χ0v) is 19.4. The summed E-state index contributed by atoms with van der Waals surface area (Å²) in [6, 6.07) is 16.1. The number of benzene rings is 2. The van der Waals surface area contributed by atoms with Gasteiger partial charge in [-0.25, -0.2) is 4.98 Å². The molecule has 34 heavy (non-hydrogen) atoms. The van der Waals surface area contributed by atoms with E-state index in [1.165, 1.54) is 5.56 Å². The molecule has 7 nitrogen and oxygen atoms in total. The minimum atomic E-state index is -0.0252. The smallest absolute Gasteiger partial charge is 0.246 e. The number of hydrogen-bond acceptors (Lipinski definition) is 4. The van der Waals surface area contributed by atoms with Gasteiger partial charge in [0.05, 0.1) is 17.1 Å². The van der Waals surface area contributed by atoms with Gasteiger partial charge >= 0.3 is 0 Å². The van der Waals surface area contributed by atoms with E-state index in [1.807, 2.05) is 56.8 Å². The fourth-order valence-electron chi connectivity index (χ4n) is 5.74. The van der Waals surface area contributed by atoms with Crippen LogP contribution in [-0.4, -0.2) is 58.6 Å². The summed E-state index contributed by atoms with van der Waals surface area (Å²) < 4.78 is 7.80. The Kier molecular flexibility index (Phi) is 5.57. The van der Waals surface area contributed by atoms with Crippen LogP contribution in [0.5, 0.6) is 0 Å². The summed E-state index contributed by atoms with van der Waals surface area (Å²) in [6.45, 7) is 3.02. The molecule has 0 radical (unpaired) electrons. The van der Waals surface area contributed by atoms with Crippen molar-refractivity contribution in [1.82, 2.24) is 14.5 Å². The number of nitrogens with zero attached hydrogens (tertiary/aromatic N) is 4. The summed E-state index contributed by atoms with van der Waals surface area (Å²) in [5.41, 5.74) is 4.06. The minimum Gasteiger partial charge on any atom is -0.376 e. The molecule has 0 spiro atoms. The van der Waals surface area contributed by atoms with Crippen LogP contribution in [0, 0.1) is 0 Å². The second-order valence-electron chi connectivity index (χ2n) is 9.66. The van der Waals surface area contributed by atoms with Crippen LogP contribution in [0.4, 0.5) is 5.69 Å². The number of rotatable bonds is 5. The molecule has 0 saturated carbocycles. The minimum absolute atomic E-state index is 0.0252. The standard InChI is InChI=1S/C27H30N4O3/c32-25-15-20(16-29(25)17-21-9-6-14-34-21)27-28-22-10-2-4-12-24(22)31(27)18-26(33)30-13-5-8-19-7-1-3-11-23(19)30/h1-4,7,10-12,20-21H,5-6,8-9,13-18H2/t20-,21+/m1/s1. The quantitative estimate of drug-likeness (QED) is 0.587. The molecule has 176 valence electrons. The molecule has 3 aromatic rings. The fraction of sp³-hybridized carbons (Fsp3) is 0.444. The highest BCUT2D eigenvalue weighted by molar-refractivity contribution is 5.95. The normalized spacial score (nSPS) is 22.5. The van der Waals surface area contributed by atoms with E-state index >= 15 is 0 Å². The molecule has 2 atom stereocenters. The summed E-state index contributed by atoms with van der Waals surface area (Å²) in [7, 11) is 0. The van der Waals surface area contributed by atoms with Crippen molar-refractivity contribution < 1.29 is 14.3 Å². The number of carbonyl (C=O) groups excluding carboxylic acids is 2. The second kappa shape index (κ2) is 8.87. The molecule has 7 heteroatoms. The van der Waals surface area contributed by atoms with Crippen molar-refractivity contribution >= 4 is 28.5 Å². The van der Waals surface area contributed by atoms with Crippen LogP contribution in [0.1, 0.15) is 43.0 Å². The van der Waals surface area contributed by atoms with Crippen molar-refractivity contribution in [2.45, 2.75) is 50.7 Å². The van der Waals surface area contributed by atoms with Crippen molar-refractivity contribution in [1.29, 1.82) is 0 Å². The highest BCUT2D eigenvalue weighted by Gasteiger charge is 2.36. The van der Waals surface area contributed by atoms with Gasteiger partial charge in [-0.2, -0.15) is 0 Å². The van der Waals surface area contributed by atoms with Gasteiger partial charge in [0.1, 0.15) is 12.4 Å². The third kappa shape index (κ3) is 3.88. The van der Waals surface area contributed by atoms with Gasteiger partial charge in [-0.05, 0) is 49.4 Å². The molecule has 0 bridgehead atoms. The van der Waals surface area contributed by atoms with Crippen LogP contribution < -0.4 is 4.90 Å². The molecule has 2 saturated heterocycles. The lowest BCUT2D eigenvalue weighted by molar-refractivity contribution is -0.129. The van der Waals surface area contributed by atoms with Crippen LogP contribution in [-0.2, 0) is 27.3 Å². The Hall–Kier alpha value is -3.19. The van der Waals surface area contributed by atoms with Gasteiger partial charge in [-0.15, -0.1) is 0 Å². The van der Waals surface area contributed by atoms with Crippen LogP contribution >= 0.6 is 0 Å². The van der Waals surface area contributed by atoms with E-state index in [0.29, 0.717) is 19.5 Å². The van der Waals surface area contributed by atoms with Crippen LogP contribution in [0.2, 0.25) is 0 Å². The number of aryl methyl sites for hydroxylation is 1. The zero-order valence-electron chi connectivity index (χ0n) is 19.4. The maximum atomic E-state index is 13.6. The number of para-hydroxylation sites is 3. The van der Waals surface area contributed by atoms with Crippen molar-refractivity contribution in [3.8, 4) is 0 Å². The molecule has 1 aromatic heterocycles. The Morgan fingerprint density at radius 2 is 1.94 bits per heavy atom. The first-order chi connectivity index (χ1) is 16.7. The summed E-state index contributed by atoms with van der Waals surface area (Å²) in [4.78, 5) is 35.2. The predicted molar refractivity (Wildman–Crippen MR) is 130 cm³/mol. The highest BCUT2D eigenvalue weighted by Crippen LogP contribution is 2.32. The lowest BCUT2D eigenvalue weighted by Gasteiger charge is -2.30. The maximum absolute atomic E-state index is 13.6. The molecule has 0 N–H and O–H groups in total. The number of carbonyl (C=O) groups is 2. The van der Waals surface area contributed by atoms with E-state index in [9.17, 15) is 9.59 Å². The number of hydrogen-bond donors (Lipinski definition) is 0. The molecular formula is C27H30N4O3. The third-order valence-corrected chi connectivity index (χ3v) is 7.42. The van der Waals surface area contributed by atoms with Crippen molar-refractivity contribution in [2.24, 2.45) is 0 Å². The molecule has 2 aromatic carbocycles. The predicted octanol–water partition coefficient (Wildman–Crippen LogP) is 3.51. The fourth-order valence-corrected chi connectivity index (χ4v) is 5.74. The first-order valence-corrected chi connectivity index (χ1v) is 12.4. The maximum Gasteiger partial charge on any atom is 0.246 e. The second-order valence-corrected chi connectivity index (χ2v) is 9.66. The monoisotopic (exact) mass is 458 g/mol. The molecule has 3 aliphatic heterocycles. The molecule has 6 rings (SSSR count). The topological polar surface area (TPSA) is 67.7 Å². The third-order valence-electron chi connectivity index (χ3n) is 7.42. The van der Waals surface area contributed by atoms with Crippen molar-refractivity contribution in [3.05, 3.63) is 59.9 Å². The SMILES string of the molecule is O=C1C[C@@H](c2nc3ccccc3n2CC(=O)N2CCCc3ccccc32)CN1C[C@@H]1CCCO1. The van der Waals surface area contributed by atoms with E-state index in [-0.39, 0.29) is 30.4 Å². The van der Waals surface area contributed by atoms with Gasteiger partial charge in [0.25, 0.3) is 0 Å². The first kappa shape index (κ1) is 21.4. The number of amides is 2. The van der Waals surface area contributed by atoms with E-state index in [0.717, 1.165) is 61.4 Å². The number of ether oxygens (including phenoxy) is 1. The zero-order chi connectivity index (χ0) is 23.1. The van der Waals surface area contributed by atoms with E-state index < -0.39 is 0 Å². The summed E-state index contributed by atoms with van der Waals surface area (Å²) in [6.07, 6.45) is 4.62. The Morgan fingerprint density at radius 3 is 2.82 bits per heavy atom. The van der Waals surface area contributed by atoms with Crippen LogP contribution in [0.25, 0.3) is 11.0 Å². The van der Waals surface area contributed by atoms with Gasteiger partial charge in [-0.1, -0.05) is 30.3 Å². The average Bonchev–Trinajstić information content (AvgIpc) is 3.59. The van der Waals surface area contributed by atoms with Crippen LogP contribution in [0.15, 0.2) is 48.5 Å². The van der Waals surface area contributed by atoms with Crippen molar-refractivity contribution in [2.75, 3.05) is 31.1 Å². The Morgan fingerprint density at radius 1 is 1.09 bits per heavy atom. The van der Waals surface area contributed by atoms with Gasteiger partial charge in [0.2, 0.25) is 11.8 Å². The molecule has 0 unspecified atom stereocenters. The molecular weight excluding hydrogens is 428 g/mol. The Labute approximate surface area is 199 Å². The molecule has 4 heterocycles. The number of likely N-dealkylation sites (tertiary alicyclic amines) is 1. The summed E-state index contributed by atoms with van der Waals surface area (Å²) in [5.74, 6) is 1.03. The number of imidazole rings is 1. The van der Waals surface area contributed by atoms with Gasteiger partial charge in [0, 0.05) is 44.3 Å². The number of anilines is 1. The summed E-state index contributed by atoms with van der Waals surface area (Å²) in [5, 5.41) is 0. The van der Waals surface area contributed by atoms with Gasteiger partial charge in [-0.3, -0.25) is 9.59 Å². The Bertz CT molecular complexity index is 1230. The summed E-state index contributed by atoms with van der Waals surface area (Å²) >= 11 is 0. The molecule has 0 aliphatic carbocycles. The van der Waals surface area contributed by atoms with Crippen LogP contribution in [0.3, 0.4) is 0 Å². The lowest BCUT2D eigenvalue weighted by atomic mass is 10.0. The average molecular weight is 459 g/mol. The Balaban J connectivity index is 1.29. The highest BCUT2D eigenvalue weighted by atomic mass is 16.5. The van der Waals surface area contributed by atoms with E-state index in [2.05, 4.69) is 6.07 Å². The molecule has 2 amide bonds. The van der Waals surface area contributed by atoms with Gasteiger partial charge < -0.3 is 19.1 Å². The lowest BCUT2D eigenvalue weighted by Crippen LogP contribution is -2.38. The molecule has 2 fully saturated rings.